The monoisotopic (exact) mass is 388 g/mol. The lowest BCUT2D eigenvalue weighted by Crippen LogP contribution is -2.19. The predicted molar refractivity (Wildman–Crippen MR) is 114 cm³/mol. The summed E-state index contributed by atoms with van der Waals surface area (Å²) in [6.45, 7) is 0. The average molecular weight is 389 g/mol. The zero-order chi connectivity index (χ0) is 19.5. The van der Waals surface area contributed by atoms with E-state index < -0.39 is 0 Å². The van der Waals surface area contributed by atoms with Gasteiger partial charge in [-0.25, -0.2) is 4.98 Å². The van der Waals surface area contributed by atoms with Gasteiger partial charge in [-0.1, -0.05) is 35.9 Å². The molecule has 138 valence electrons. The van der Waals surface area contributed by atoms with Crippen LogP contribution in [-0.4, -0.2) is 15.9 Å². The summed E-state index contributed by atoms with van der Waals surface area (Å²) in [6, 6.07) is 18.7. The molecule has 2 heterocycles. The summed E-state index contributed by atoms with van der Waals surface area (Å²) in [7, 11) is 0. The number of nitrogens with one attached hydrogen (secondary N) is 2. The second kappa shape index (κ2) is 7.58. The number of fused-ring (bicyclic) bond motifs is 1. The topological polar surface area (TPSA) is 83.8 Å². The molecule has 0 spiro atoms. The number of pyridine rings is 1. The van der Waals surface area contributed by atoms with Gasteiger partial charge in [0.25, 0.3) is 5.91 Å². The maximum absolute atomic E-state index is 12.3. The van der Waals surface area contributed by atoms with E-state index in [-0.39, 0.29) is 11.6 Å². The van der Waals surface area contributed by atoms with Crippen molar-refractivity contribution in [2.24, 2.45) is 5.73 Å². The van der Waals surface area contributed by atoms with Crippen molar-refractivity contribution >= 4 is 40.3 Å². The first-order valence-electron chi connectivity index (χ1n) is 8.67. The van der Waals surface area contributed by atoms with E-state index in [1.165, 1.54) is 0 Å². The number of amides is 1. The largest absolute Gasteiger partial charge is 0.394 e. The Morgan fingerprint density at radius 1 is 1.11 bits per heavy atom. The minimum atomic E-state index is -0.371. The quantitative estimate of drug-likeness (QED) is 0.438. The molecule has 5 nitrogen and oxygen atoms in total. The summed E-state index contributed by atoms with van der Waals surface area (Å²) in [5.41, 5.74) is 10.4. The van der Waals surface area contributed by atoms with Crippen molar-refractivity contribution in [3.05, 3.63) is 89.3 Å². The number of carbonyl (C=O) groups excluding carboxylic acids is 1. The minimum absolute atomic E-state index is 0.106. The van der Waals surface area contributed by atoms with Crippen molar-refractivity contribution in [1.82, 2.24) is 9.97 Å². The van der Waals surface area contributed by atoms with Gasteiger partial charge in [0.1, 0.15) is 5.65 Å². The number of rotatable bonds is 4. The molecule has 0 unspecified atom stereocenters. The van der Waals surface area contributed by atoms with Crippen LogP contribution in [0.5, 0.6) is 0 Å². The van der Waals surface area contributed by atoms with Crippen LogP contribution < -0.4 is 11.1 Å². The van der Waals surface area contributed by atoms with E-state index in [0.717, 1.165) is 27.7 Å². The highest BCUT2D eigenvalue weighted by Gasteiger charge is 2.08. The number of nitrogens with zero attached hydrogens (tertiary/aromatic N) is 1. The number of aromatic amines is 1. The second-order valence-electron chi connectivity index (χ2n) is 6.28. The van der Waals surface area contributed by atoms with Crippen molar-refractivity contribution in [3.8, 4) is 11.1 Å². The van der Waals surface area contributed by atoms with Crippen molar-refractivity contribution < 1.29 is 4.79 Å². The maximum Gasteiger partial charge on any atom is 0.271 e. The number of anilines is 1. The van der Waals surface area contributed by atoms with E-state index in [1.54, 1.807) is 30.5 Å². The first-order chi connectivity index (χ1) is 13.6. The predicted octanol–water partition coefficient (Wildman–Crippen LogP) is 4.82. The van der Waals surface area contributed by atoms with Crippen LogP contribution in [-0.2, 0) is 4.79 Å². The maximum atomic E-state index is 12.3. The van der Waals surface area contributed by atoms with Crippen LogP contribution in [0.2, 0.25) is 5.02 Å². The van der Waals surface area contributed by atoms with Gasteiger partial charge < -0.3 is 16.0 Å². The molecule has 0 fully saturated rings. The van der Waals surface area contributed by atoms with Gasteiger partial charge in [-0.15, -0.1) is 0 Å². The standard InChI is InChI=1S/C22H17ClN4O/c23-16-3-1-2-14(12-16)13-20(24)22(28)27-17-6-4-15(5-7-17)18-8-10-25-21-19(18)9-11-26-21/h1-13H,24H2,(H,25,26)(H,27,28). The summed E-state index contributed by atoms with van der Waals surface area (Å²) >= 11 is 5.96. The Bertz CT molecular complexity index is 1180. The SMILES string of the molecule is NC(=Cc1cccc(Cl)c1)C(=O)Nc1ccc(-c2ccnc3[nH]ccc23)cc1. The summed E-state index contributed by atoms with van der Waals surface area (Å²) < 4.78 is 0. The van der Waals surface area contributed by atoms with Gasteiger partial charge in [0.15, 0.2) is 0 Å². The first-order valence-corrected chi connectivity index (χ1v) is 9.04. The summed E-state index contributed by atoms with van der Waals surface area (Å²) in [5.74, 6) is -0.371. The molecule has 0 radical (unpaired) electrons. The average Bonchev–Trinajstić information content (AvgIpc) is 3.17. The van der Waals surface area contributed by atoms with Crippen molar-refractivity contribution in [2.45, 2.75) is 0 Å². The molecule has 28 heavy (non-hydrogen) atoms. The number of H-pyrrole nitrogens is 1. The fraction of sp³-hybridized carbons (Fsp3) is 0. The third kappa shape index (κ3) is 3.75. The molecule has 0 atom stereocenters. The molecule has 0 saturated heterocycles. The van der Waals surface area contributed by atoms with Crippen LogP contribution in [0.1, 0.15) is 5.56 Å². The van der Waals surface area contributed by atoms with Crippen molar-refractivity contribution in [1.29, 1.82) is 0 Å². The normalized spacial score (nSPS) is 11.5. The molecule has 4 rings (SSSR count). The third-order valence-electron chi connectivity index (χ3n) is 4.35. The van der Waals surface area contributed by atoms with Crippen LogP contribution in [0.3, 0.4) is 0 Å². The Morgan fingerprint density at radius 2 is 1.93 bits per heavy atom. The molecule has 0 saturated carbocycles. The molecular formula is C22H17ClN4O. The third-order valence-corrected chi connectivity index (χ3v) is 4.58. The lowest BCUT2D eigenvalue weighted by molar-refractivity contribution is -0.112. The van der Waals surface area contributed by atoms with E-state index in [0.29, 0.717) is 10.7 Å². The highest BCUT2D eigenvalue weighted by Crippen LogP contribution is 2.28. The Labute approximate surface area is 166 Å². The van der Waals surface area contributed by atoms with Crippen LogP contribution in [0.4, 0.5) is 5.69 Å². The van der Waals surface area contributed by atoms with E-state index in [2.05, 4.69) is 15.3 Å². The zero-order valence-electron chi connectivity index (χ0n) is 14.8. The molecule has 4 N–H and O–H groups in total. The number of benzene rings is 2. The van der Waals surface area contributed by atoms with Crippen molar-refractivity contribution in [3.63, 3.8) is 0 Å². The fourth-order valence-corrected chi connectivity index (χ4v) is 3.19. The van der Waals surface area contributed by atoms with E-state index in [9.17, 15) is 4.79 Å². The number of carbonyl (C=O) groups is 1. The molecule has 4 aromatic rings. The molecule has 0 aliphatic carbocycles. The number of hydrogen-bond acceptors (Lipinski definition) is 3. The van der Waals surface area contributed by atoms with Crippen LogP contribution in [0.15, 0.2) is 78.8 Å². The van der Waals surface area contributed by atoms with Crippen molar-refractivity contribution in [2.75, 3.05) is 5.32 Å². The number of hydrogen-bond donors (Lipinski definition) is 3. The van der Waals surface area contributed by atoms with Crippen LogP contribution in [0.25, 0.3) is 28.2 Å². The molecule has 0 aliphatic rings. The van der Waals surface area contributed by atoms with E-state index in [4.69, 9.17) is 17.3 Å². The highest BCUT2D eigenvalue weighted by atomic mass is 35.5. The summed E-state index contributed by atoms with van der Waals surface area (Å²) in [6.07, 6.45) is 5.23. The molecule has 2 aromatic heterocycles. The molecule has 0 aliphatic heterocycles. The van der Waals surface area contributed by atoms with Gasteiger partial charge in [-0.05, 0) is 59.2 Å². The molecule has 2 aromatic carbocycles. The number of aromatic nitrogens is 2. The smallest absolute Gasteiger partial charge is 0.271 e. The lowest BCUT2D eigenvalue weighted by Gasteiger charge is -2.08. The van der Waals surface area contributed by atoms with Gasteiger partial charge >= 0.3 is 0 Å². The Morgan fingerprint density at radius 3 is 2.71 bits per heavy atom. The van der Waals surface area contributed by atoms with Crippen LogP contribution in [0, 0.1) is 0 Å². The van der Waals surface area contributed by atoms with Gasteiger partial charge in [-0.2, -0.15) is 0 Å². The fourth-order valence-electron chi connectivity index (χ4n) is 2.99. The Hall–Kier alpha value is -3.57. The van der Waals surface area contributed by atoms with Crippen LogP contribution >= 0.6 is 11.6 Å². The summed E-state index contributed by atoms with van der Waals surface area (Å²) in [4.78, 5) is 19.8. The molecule has 0 bridgehead atoms. The van der Waals surface area contributed by atoms with Gasteiger partial charge in [0, 0.05) is 28.5 Å². The number of halogens is 1. The van der Waals surface area contributed by atoms with Gasteiger partial charge in [0.05, 0.1) is 5.70 Å². The summed E-state index contributed by atoms with van der Waals surface area (Å²) in [5, 5.41) is 4.44. The van der Waals surface area contributed by atoms with Gasteiger partial charge in [-0.3, -0.25) is 4.79 Å². The molecule has 1 amide bonds. The second-order valence-corrected chi connectivity index (χ2v) is 6.72. The first kappa shape index (κ1) is 17.8. The molecule has 6 heteroatoms. The number of nitrogens with two attached hydrogens (primary N) is 1. The minimum Gasteiger partial charge on any atom is -0.394 e. The van der Waals surface area contributed by atoms with E-state index in [1.807, 2.05) is 48.7 Å². The zero-order valence-corrected chi connectivity index (χ0v) is 15.6. The lowest BCUT2D eigenvalue weighted by atomic mass is 10.0. The Balaban J connectivity index is 1.51. The highest BCUT2D eigenvalue weighted by molar-refractivity contribution is 6.30. The molecular weight excluding hydrogens is 372 g/mol. The van der Waals surface area contributed by atoms with E-state index >= 15 is 0 Å². The Kier molecular flexibility index (Phi) is 4.83. The van der Waals surface area contributed by atoms with Gasteiger partial charge in [0.2, 0.25) is 0 Å².